The molecule has 0 aliphatic carbocycles. The number of pyridine rings is 1. The minimum Gasteiger partial charge on any atom is -0.332 e. The second-order valence-corrected chi connectivity index (χ2v) is 5.94. The van der Waals surface area contributed by atoms with Gasteiger partial charge in [0.2, 0.25) is 0 Å². The predicted molar refractivity (Wildman–Crippen MR) is 89.7 cm³/mol. The van der Waals surface area contributed by atoms with Crippen molar-refractivity contribution in [1.29, 1.82) is 0 Å². The third kappa shape index (κ3) is 2.36. The fourth-order valence-electron chi connectivity index (χ4n) is 3.11. The number of nitrogens with zero attached hydrogens (tertiary/aromatic N) is 4. The molecule has 6 heteroatoms. The average Bonchev–Trinajstić information content (AvgIpc) is 2.61. The zero-order chi connectivity index (χ0) is 16.7. The van der Waals surface area contributed by atoms with Gasteiger partial charge in [0.25, 0.3) is 11.5 Å². The van der Waals surface area contributed by atoms with Crippen molar-refractivity contribution < 1.29 is 4.79 Å². The highest BCUT2D eigenvalue weighted by Gasteiger charge is 2.25. The van der Waals surface area contributed by atoms with E-state index in [2.05, 4.69) is 10.1 Å². The van der Waals surface area contributed by atoms with Crippen molar-refractivity contribution in [2.75, 3.05) is 6.54 Å². The van der Waals surface area contributed by atoms with Gasteiger partial charge in [0.1, 0.15) is 5.69 Å². The van der Waals surface area contributed by atoms with Crippen LogP contribution in [0.4, 0.5) is 0 Å². The largest absolute Gasteiger partial charge is 0.332 e. The highest BCUT2D eigenvalue weighted by atomic mass is 16.2. The molecule has 0 radical (unpaired) electrons. The van der Waals surface area contributed by atoms with Crippen LogP contribution in [0.2, 0.25) is 0 Å². The van der Waals surface area contributed by atoms with Gasteiger partial charge in [0.15, 0.2) is 0 Å². The van der Waals surface area contributed by atoms with Gasteiger partial charge in [0, 0.05) is 49.8 Å². The maximum Gasteiger partial charge on any atom is 0.273 e. The van der Waals surface area contributed by atoms with E-state index in [1.165, 1.54) is 4.68 Å². The number of rotatable bonds is 1. The third-order valence-electron chi connectivity index (χ3n) is 4.40. The fourth-order valence-corrected chi connectivity index (χ4v) is 3.11. The average molecular weight is 320 g/mol. The number of fused-ring (bicyclic) bond motifs is 2. The second-order valence-electron chi connectivity index (χ2n) is 5.94. The first-order valence-electron chi connectivity index (χ1n) is 7.82. The Kier molecular flexibility index (Phi) is 3.37. The molecule has 0 atom stereocenters. The molecular weight excluding hydrogens is 304 g/mol. The Morgan fingerprint density at radius 3 is 2.92 bits per heavy atom. The van der Waals surface area contributed by atoms with Crippen LogP contribution in [-0.4, -0.2) is 32.1 Å². The highest BCUT2D eigenvalue weighted by Crippen LogP contribution is 2.21. The molecule has 0 spiro atoms. The molecule has 24 heavy (non-hydrogen) atoms. The normalized spacial score (nSPS) is 13.8. The smallest absolute Gasteiger partial charge is 0.273 e. The molecule has 2 aromatic heterocycles. The van der Waals surface area contributed by atoms with Gasteiger partial charge in [-0.3, -0.25) is 14.6 Å². The molecule has 1 aromatic carbocycles. The van der Waals surface area contributed by atoms with Crippen LogP contribution in [0.1, 0.15) is 21.7 Å². The number of carbonyl (C=O) groups excluding carboxylic acids is 1. The summed E-state index contributed by atoms with van der Waals surface area (Å²) in [5.41, 5.74) is 1.99. The lowest BCUT2D eigenvalue weighted by Crippen LogP contribution is -2.38. The molecule has 0 bridgehead atoms. The first-order chi connectivity index (χ1) is 11.6. The molecular formula is C18H16N4O2. The summed E-state index contributed by atoms with van der Waals surface area (Å²) >= 11 is 0. The number of hydrogen-bond acceptors (Lipinski definition) is 4. The van der Waals surface area contributed by atoms with E-state index in [-0.39, 0.29) is 11.5 Å². The lowest BCUT2D eigenvalue weighted by atomic mass is 10.0. The van der Waals surface area contributed by atoms with Gasteiger partial charge >= 0.3 is 0 Å². The van der Waals surface area contributed by atoms with Gasteiger partial charge < -0.3 is 4.90 Å². The summed E-state index contributed by atoms with van der Waals surface area (Å²) in [7, 11) is 1.64. The first kappa shape index (κ1) is 14.6. The Hall–Kier alpha value is -3.02. The van der Waals surface area contributed by atoms with E-state index in [9.17, 15) is 9.59 Å². The quantitative estimate of drug-likeness (QED) is 0.682. The van der Waals surface area contributed by atoms with Crippen LogP contribution in [0.25, 0.3) is 10.8 Å². The molecule has 0 saturated carbocycles. The van der Waals surface area contributed by atoms with Gasteiger partial charge in [-0.05, 0) is 11.5 Å². The SMILES string of the molecule is Cn1nc2c(cc1=O)CN(C(=O)c1nccc3ccccc13)CC2. The van der Waals surface area contributed by atoms with Gasteiger partial charge in [-0.1, -0.05) is 24.3 Å². The number of aromatic nitrogens is 3. The molecule has 0 fully saturated rings. The molecule has 3 aromatic rings. The van der Waals surface area contributed by atoms with E-state index in [1.807, 2.05) is 30.3 Å². The lowest BCUT2D eigenvalue weighted by molar-refractivity contribution is 0.0729. The van der Waals surface area contributed by atoms with Gasteiger partial charge in [-0.2, -0.15) is 5.10 Å². The summed E-state index contributed by atoms with van der Waals surface area (Å²) in [6.07, 6.45) is 2.30. The minimum absolute atomic E-state index is 0.113. The Bertz CT molecular complexity index is 1000. The summed E-state index contributed by atoms with van der Waals surface area (Å²) < 4.78 is 1.34. The monoisotopic (exact) mass is 320 g/mol. The van der Waals surface area contributed by atoms with E-state index >= 15 is 0 Å². The van der Waals surface area contributed by atoms with Crippen molar-refractivity contribution in [3.05, 3.63) is 69.9 Å². The topological polar surface area (TPSA) is 68.1 Å². The van der Waals surface area contributed by atoms with Gasteiger partial charge in [-0.15, -0.1) is 0 Å². The van der Waals surface area contributed by atoms with E-state index in [4.69, 9.17) is 0 Å². The van der Waals surface area contributed by atoms with E-state index in [0.717, 1.165) is 22.0 Å². The molecule has 3 heterocycles. The van der Waals surface area contributed by atoms with Crippen molar-refractivity contribution >= 4 is 16.7 Å². The van der Waals surface area contributed by atoms with Crippen molar-refractivity contribution in [1.82, 2.24) is 19.7 Å². The third-order valence-corrected chi connectivity index (χ3v) is 4.40. The van der Waals surface area contributed by atoms with Crippen molar-refractivity contribution in [3.63, 3.8) is 0 Å². The van der Waals surface area contributed by atoms with Crippen LogP contribution in [0.3, 0.4) is 0 Å². The molecule has 6 nitrogen and oxygen atoms in total. The number of amides is 1. The van der Waals surface area contributed by atoms with E-state index < -0.39 is 0 Å². The molecule has 0 saturated heterocycles. The second kappa shape index (κ2) is 5.56. The summed E-state index contributed by atoms with van der Waals surface area (Å²) in [6.45, 7) is 0.962. The van der Waals surface area contributed by atoms with Gasteiger partial charge in [-0.25, -0.2) is 4.68 Å². The first-order valence-corrected chi connectivity index (χ1v) is 7.82. The molecule has 1 amide bonds. The van der Waals surface area contributed by atoms with E-state index in [0.29, 0.717) is 25.2 Å². The summed E-state index contributed by atoms with van der Waals surface area (Å²) in [4.78, 5) is 30.8. The van der Waals surface area contributed by atoms with Crippen LogP contribution in [0.5, 0.6) is 0 Å². The van der Waals surface area contributed by atoms with Crippen LogP contribution in [0.15, 0.2) is 47.4 Å². The Morgan fingerprint density at radius 2 is 2.04 bits per heavy atom. The van der Waals surface area contributed by atoms with Crippen molar-refractivity contribution in [3.8, 4) is 0 Å². The number of carbonyl (C=O) groups is 1. The Labute approximate surface area is 138 Å². The van der Waals surface area contributed by atoms with Crippen molar-refractivity contribution in [2.24, 2.45) is 7.05 Å². The Balaban J connectivity index is 1.70. The summed E-state index contributed by atoms with van der Waals surface area (Å²) in [5.74, 6) is -0.113. The fraction of sp³-hybridized carbons (Fsp3) is 0.222. The van der Waals surface area contributed by atoms with Gasteiger partial charge in [0.05, 0.1) is 5.69 Å². The van der Waals surface area contributed by atoms with Crippen LogP contribution < -0.4 is 5.56 Å². The lowest BCUT2D eigenvalue weighted by Gasteiger charge is -2.28. The summed E-state index contributed by atoms with van der Waals surface area (Å²) in [6, 6.07) is 11.2. The number of aryl methyl sites for hydroxylation is 1. The summed E-state index contributed by atoms with van der Waals surface area (Å²) in [5, 5.41) is 6.12. The molecule has 0 N–H and O–H groups in total. The van der Waals surface area contributed by atoms with E-state index in [1.54, 1.807) is 24.2 Å². The van der Waals surface area contributed by atoms with Crippen LogP contribution in [0, 0.1) is 0 Å². The number of hydrogen-bond donors (Lipinski definition) is 0. The van der Waals surface area contributed by atoms with Crippen LogP contribution >= 0.6 is 0 Å². The highest BCUT2D eigenvalue weighted by molar-refractivity contribution is 6.05. The Morgan fingerprint density at radius 1 is 1.21 bits per heavy atom. The number of benzene rings is 1. The maximum absolute atomic E-state index is 12.9. The molecule has 1 aliphatic rings. The molecule has 0 unspecified atom stereocenters. The predicted octanol–water partition coefficient (Wildman–Crippen LogP) is 1.53. The molecule has 120 valence electrons. The molecule has 4 rings (SSSR count). The van der Waals surface area contributed by atoms with Crippen LogP contribution in [-0.2, 0) is 20.0 Å². The standard InChI is InChI=1S/C18H16N4O2/c1-21-16(23)10-13-11-22(9-7-15(13)20-21)18(24)17-14-5-3-2-4-12(14)6-8-19-17/h2-6,8,10H,7,9,11H2,1H3. The molecule has 1 aliphatic heterocycles. The van der Waals surface area contributed by atoms with Crippen molar-refractivity contribution in [2.45, 2.75) is 13.0 Å². The minimum atomic E-state index is -0.161. The zero-order valence-corrected chi connectivity index (χ0v) is 13.3. The maximum atomic E-state index is 12.9. The zero-order valence-electron chi connectivity index (χ0n) is 13.3.